The monoisotopic (exact) mass is 737 g/mol. The average molecular weight is 738 g/mol. The maximum atomic E-state index is 14.1. The fourth-order valence-electron chi connectivity index (χ4n) is 4.66. The van der Waals surface area contributed by atoms with E-state index in [-0.39, 0.29) is 27.3 Å². The zero-order valence-electron chi connectivity index (χ0n) is 33.1. The Morgan fingerprint density at radius 1 is 0.900 bits per heavy atom. The van der Waals surface area contributed by atoms with Gasteiger partial charge in [0.15, 0.2) is 27.8 Å². The largest absolute Gasteiger partial charge is 0.443 e. The van der Waals surface area contributed by atoms with E-state index in [0.29, 0.717) is 22.5 Å². The molecule has 1 unspecified atom stereocenters. The van der Waals surface area contributed by atoms with Gasteiger partial charge in [-0.3, -0.25) is 14.2 Å². The smallest absolute Gasteiger partial charge is 0.424 e. The quantitative estimate of drug-likeness (QED) is 0.262. The highest BCUT2D eigenvalue weighted by molar-refractivity contribution is 6.74. The fourth-order valence-corrected chi connectivity index (χ4v) is 7.03. The molecule has 1 fully saturated rings. The van der Waals surface area contributed by atoms with Crippen LogP contribution >= 0.6 is 0 Å². The van der Waals surface area contributed by atoms with Crippen molar-refractivity contribution in [3.63, 3.8) is 0 Å². The van der Waals surface area contributed by atoms with Gasteiger partial charge < -0.3 is 23.1 Å². The number of rotatable bonds is 7. The maximum absolute atomic E-state index is 14.1. The molecular formula is C34H59N5O9Si2. The fraction of sp³-hybridized carbons (Fsp3) is 0.765. The summed E-state index contributed by atoms with van der Waals surface area (Å²) in [7, 11) is -4.43. The molecule has 1 saturated heterocycles. The third kappa shape index (κ3) is 9.29. The van der Waals surface area contributed by atoms with Crippen LogP contribution in [0, 0.1) is 0 Å². The second kappa shape index (κ2) is 13.9. The van der Waals surface area contributed by atoms with E-state index in [1.165, 1.54) is 6.33 Å². The molecule has 0 aromatic carbocycles. The summed E-state index contributed by atoms with van der Waals surface area (Å²) in [5.41, 5.74) is -3.14. The molecule has 2 aromatic heterocycles. The Bertz CT molecular complexity index is 1660. The minimum absolute atomic E-state index is 0.00154. The molecule has 16 heteroatoms. The molecular weight excluding hydrogens is 679 g/mol. The van der Waals surface area contributed by atoms with Crippen LogP contribution in [0.15, 0.2) is 11.1 Å². The Kier molecular flexibility index (Phi) is 11.5. The number of aromatic nitrogens is 4. The molecule has 2 aromatic rings. The van der Waals surface area contributed by atoms with Crippen LogP contribution in [-0.4, -0.2) is 83.8 Å². The van der Waals surface area contributed by atoms with Crippen LogP contribution in [0.1, 0.15) is 103 Å². The molecule has 1 aliphatic heterocycles. The number of hydrogen-bond donors (Lipinski definition) is 0. The molecule has 282 valence electrons. The number of fused-ring (bicyclic) bond motifs is 1. The lowest BCUT2D eigenvalue weighted by atomic mass is 10.2. The first-order valence-corrected chi connectivity index (χ1v) is 22.9. The van der Waals surface area contributed by atoms with Crippen molar-refractivity contribution in [3.8, 4) is 0 Å². The maximum Gasteiger partial charge on any atom is 0.424 e. The van der Waals surface area contributed by atoms with E-state index in [4.69, 9.17) is 23.1 Å². The minimum Gasteiger partial charge on any atom is -0.443 e. The van der Waals surface area contributed by atoms with E-state index in [2.05, 4.69) is 77.7 Å². The number of imide groups is 1. The summed E-state index contributed by atoms with van der Waals surface area (Å²) >= 11 is 0. The highest BCUT2D eigenvalue weighted by Gasteiger charge is 2.47. The van der Waals surface area contributed by atoms with Gasteiger partial charge in [0.05, 0.1) is 19.0 Å². The summed E-state index contributed by atoms with van der Waals surface area (Å²) in [5, 5.41) is -0.0922. The molecule has 0 saturated carbocycles. The molecule has 0 N–H and O–H groups in total. The van der Waals surface area contributed by atoms with E-state index in [9.17, 15) is 19.2 Å². The first-order chi connectivity index (χ1) is 22.4. The van der Waals surface area contributed by atoms with Crippen LogP contribution in [-0.2, 0) is 27.9 Å². The summed E-state index contributed by atoms with van der Waals surface area (Å²) in [4.78, 5) is 63.4. The van der Waals surface area contributed by atoms with Crippen molar-refractivity contribution in [1.29, 1.82) is 0 Å². The van der Waals surface area contributed by atoms with Gasteiger partial charge in [0, 0.05) is 13.3 Å². The normalized spacial score (nSPS) is 19.5. The van der Waals surface area contributed by atoms with Crippen molar-refractivity contribution in [2.24, 2.45) is 0 Å². The van der Waals surface area contributed by atoms with Gasteiger partial charge in [-0.15, -0.1) is 0 Å². The van der Waals surface area contributed by atoms with Gasteiger partial charge >= 0.3 is 12.2 Å². The van der Waals surface area contributed by atoms with E-state index in [1.54, 1.807) is 46.1 Å². The third-order valence-corrected chi connectivity index (χ3v) is 18.4. The summed E-state index contributed by atoms with van der Waals surface area (Å²) in [6.45, 7) is 32.9. The van der Waals surface area contributed by atoms with Crippen LogP contribution in [0.25, 0.3) is 11.2 Å². The number of hydrogen-bond acceptors (Lipinski definition) is 11. The molecule has 0 aliphatic carbocycles. The Morgan fingerprint density at radius 3 is 1.92 bits per heavy atom. The van der Waals surface area contributed by atoms with Crippen molar-refractivity contribution in [2.75, 3.05) is 11.5 Å². The van der Waals surface area contributed by atoms with Gasteiger partial charge in [-0.05, 0) is 77.8 Å². The summed E-state index contributed by atoms with van der Waals surface area (Å²) in [6, 6.07) is 0. The van der Waals surface area contributed by atoms with Gasteiger partial charge in [-0.2, -0.15) is 14.5 Å². The predicted molar refractivity (Wildman–Crippen MR) is 197 cm³/mol. The van der Waals surface area contributed by atoms with Crippen LogP contribution in [0.4, 0.5) is 15.5 Å². The molecule has 0 bridgehead atoms. The van der Waals surface area contributed by atoms with Gasteiger partial charge in [0.2, 0.25) is 11.9 Å². The summed E-state index contributed by atoms with van der Waals surface area (Å²) in [5.74, 6) is -1.43. The molecule has 2 amide bonds. The number of ether oxygens (including phenoxy) is 3. The lowest BCUT2D eigenvalue weighted by Gasteiger charge is -2.40. The topological polar surface area (TPSA) is 153 Å². The van der Waals surface area contributed by atoms with E-state index >= 15 is 0 Å². The molecule has 3 heterocycles. The van der Waals surface area contributed by atoms with Gasteiger partial charge in [0.25, 0.3) is 5.56 Å². The molecule has 3 atom stereocenters. The molecule has 14 nitrogen and oxygen atoms in total. The summed E-state index contributed by atoms with van der Waals surface area (Å²) in [6.07, 6.45) is -1.97. The van der Waals surface area contributed by atoms with Crippen molar-refractivity contribution in [1.82, 2.24) is 19.1 Å². The number of imidazole rings is 1. The van der Waals surface area contributed by atoms with Crippen molar-refractivity contribution in [3.05, 3.63) is 16.7 Å². The second-order valence-electron chi connectivity index (χ2n) is 18.0. The Labute approximate surface area is 298 Å². The highest BCUT2D eigenvalue weighted by Crippen LogP contribution is 2.43. The van der Waals surface area contributed by atoms with Gasteiger partial charge in [-0.25, -0.2) is 14.6 Å². The van der Waals surface area contributed by atoms with E-state index in [0.717, 1.165) is 6.92 Å². The Balaban J connectivity index is 2.21. The van der Waals surface area contributed by atoms with Crippen LogP contribution < -0.4 is 10.5 Å². The zero-order chi connectivity index (χ0) is 38.6. The zero-order valence-corrected chi connectivity index (χ0v) is 35.1. The van der Waals surface area contributed by atoms with Crippen molar-refractivity contribution < 1.29 is 37.4 Å². The van der Waals surface area contributed by atoms with Gasteiger partial charge in [-0.1, -0.05) is 41.5 Å². The van der Waals surface area contributed by atoms with E-state index in [1.807, 2.05) is 0 Å². The van der Waals surface area contributed by atoms with Crippen LogP contribution in [0.5, 0.6) is 0 Å². The van der Waals surface area contributed by atoms with E-state index < -0.39 is 69.8 Å². The molecule has 3 rings (SSSR count). The Hall–Kier alpha value is -2.93. The van der Waals surface area contributed by atoms with Crippen LogP contribution in [0.2, 0.25) is 36.3 Å². The highest BCUT2D eigenvalue weighted by atomic mass is 28.4. The van der Waals surface area contributed by atoms with Crippen molar-refractivity contribution in [2.45, 2.75) is 162 Å². The third-order valence-electron chi connectivity index (χ3n) is 9.40. The number of anilines is 1. The molecule has 50 heavy (non-hydrogen) atoms. The molecule has 1 aliphatic rings. The summed E-state index contributed by atoms with van der Waals surface area (Å²) < 4.78 is 33.3. The Morgan fingerprint density at radius 2 is 1.44 bits per heavy atom. The molecule has 0 spiro atoms. The second-order valence-corrected chi connectivity index (χ2v) is 27.6. The van der Waals surface area contributed by atoms with Crippen LogP contribution in [0.3, 0.4) is 0 Å². The van der Waals surface area contributed by atoms with Crippen molar-refractivity contribution >= 4 is 51.8 Å². The first-order valence-electron chi connectivity index (χ1n) is 17.1. The van der Waals surface area contributed by atoms with Gasteiger partial charge in [0.1, 0.15) is 23.5 Å². The lowest BCUT2D eigenvalue weighted by molar-refractivity contribution is -0.116. The average Bonchev–Trinajstić information content (AvgIpc) is 3.47. The number of carbonyl (C=O) groups is 3. The predicted octanol–water partition coefficient (Wildman–Crippen LogP) is 7.36. The standard InChI is InChI=1S/C34H59N5O9Si2/c1-21(40)38(29(42)46-31(2,3)4)28-36-26-25(27(41)39(28)30(43)47-32(5,6)7)35-20-37(26)24-18-22(48-50(16,17)34(11,12)13)23(45-24)19-44-49(14,15)33(8,9)10/h20,22-24H,18-19H2,1-17H3/t22?,23-,24-/m1/s1. The first kappa shape index (κ1) is 41.5. The number of amides is 2. The number of nitrogens with zero attached hydrogens (tertiary/aromatic N) is 5. The lowest BCUT2D eigenvalue weighted by Crippen LogP contribution is -2.48. The SMILES string of the molecule is CC(=O)N(C(=O)OC(C)(C)C)c1nc2c(ncn2[C@H]2CC(O[Si](C)(C)C(C)(C)C)[C@@H](CO[Si](C)(C)C(C)(C)C)O2)c(=O)n1C(=O)OC(C)(C)C. The molecule has 0 radical (unpaired) electrons. The minimum atomic E-state index is -2.27. The number of carbonyl (C=O) groups excluding carboxylic acids is 3.